The molecule has 33 heavy (non-hydrogen) atoms. The van der Waals surface area contributed by atoms with Gasteiger partial charge in [-0.25, -0.2) is 35.6 Å². The van der Waals surface area contributed by atoms with Crippen molar-refractivity contribution >= 4 is 20.0 Å². The third-order valence-electron chi connectivity index (χ3n) is 4.72. The van der Waals surface area contributed by atoms with Crippen LogP contribution >= 0.6 is 0 Å². The molecule has 0 atom stereocenters. The van der Waals surface area contributed by atoms with Crippen LogP contribution in [0.5, 0.6) is 0 Å². The minimum absolute atomic E-state index is 0.0280. The number of para-hydroxylation sites is 2. The Morgan fingerprint density at radius 3 is 1.42 bits per heavy atom. The standard InChI is InChI=1S/C21H22N6O4S2/c28-32(29,20-14-22-26(16-20)18-8-3-1-4-9-18)24-12-7-13-25-33(30,31)21-15-23-27(17-21)19-10-5-2-6-11-19/h1-6,8-11,14-17,24-25H,7,12-13H2. The van der Waals surface area contributed by atoms with Crippen LogP contribution in [0.4, 0.5) is 0 Å². The molecule has 0 radical (unpaired) electrons. The monoisotopic (exact) mass is 486 g/mol. The molecule has 0 bridgehead atoms. The average Bonchev–Trinajstić information content (AvgIpc) is 3.51. The number of benzene rings is 2. The molecule has 4 aromatic rings. The molecule has 0 spiro atoms. The van der Waals surface area contributed by atoms with Crippen molar-refractivity contribution in [3.63, 3.8) is 0 Å². The lowest BCUT2D eigenvalue weighted by atomic mass is 10.3. The fourth-order valence-corrected chi connectivity index (χ4v) is 5.01. The van der Waals surface area contributed by atoms with Crippen molar-refractivity contribution in [3.05, 3.63) is 85.5 Å². The number of rotatable bonds is 10. The molecule has 0 aliphatic carbocycles. The predicted octanol–water partition coefficient (Wildman–Crippen LogP) is 1.70. The van der Waals surface area contributed by atoms with E-state index in [1.165, 1.54) is 34.2 Å². The maximum absolute atomic E-state index is 12.5. The van der Waals surface area contributed by atoms with Crippen molar-refractivity contribution in [3.8, 4) is 11.4 Å². The van der Waals surface area contributed by atoms with Gasteiger partial charge in [0.1, 0.15) is 9.79 Å². The second-order valence-electron chi connectivity index (χ2n) is 7.06. The average molecular weight is 487 g/mol. The molecule has 172 valence electrons. The highest BCUT2D eigenvalue weighted by Crippen LogP contribution is 2.13. The van der Waals surface area contributed by atoms with Gasteiger partial charge in [0.15, 0.2) is 0 Å². The fraction of sp³-hybridized carbons (Fsp3) is 0.143. The van der Waals surface area contributed by atoms with Gasteiger partial charge in [-0.05, 0) is 30.7 Å². The lowest BCUT2D eigenvalue weighted by molar-refractivity contribution is 0.572. The predicted molar refractivity (Wildman–Crippen MR) is 122 cm³/mol. The Balaban J connectivity index is 1.28. The third-order valence-corrected chi connectivity index (χ3v) is 7.55. The Kier molecular flexibility index (Phi) is 6.70. The molecule has 0 aliphatic rings. The molecule has 2 aromatic heterocycles. The number of nitrogens with one attached hydrogen (secondary N) is 2. The molecule has 10 nitrogen and oxygen atoms in total. The minimum atomic E-state index is -3.77. The van der Waals surface area contributed by atoms with Gasteiger partial charge in [0, 0.05) is 13.1 Å². The summed E-state index contributed by atoms with van der Waals surface area (Å²) in [7, 11) is -7.53. The smallest absolute Gasteiger partial charge is 0.240 e. The van der Waals surface area contributed by atoms with Gasteiger partial charge in [0.2, 0.25) is 20.0 Å². The van der Waals surface area contributed by atoms with Gasteiger partial charge in [-0.2, -0.15) is 10.2 Å². The van der Waals surface area contributed by atoms with Gasteiger partial charge >= 0.3 is 0 Å². The molecule has 0 saturated heterocycles. The topological polar surface area (TPSA) is 128 Å². The minimum Gasteiger partial charge on any atom is -0.240 e. The molecule has 0 fully saturated rings. The molecule has 2 heterocycles. The zero-order valence-electron chi connectivity index (χ0n) is 17.4. The van der Waals surface area contributed by atoms with E-state index in [0.717, 1.165) is 11.4 Å². The van der Waals surface area contributed by atoms with Gasteiger partial charge in [-0.3, -0.25) is 0 Å². The van der Waals surface area contributed by atoms with E-state index in [-0.39, 0.29) is 29.3 Å². The van der Waals surface area contributed by atoms with Crippen LogP contribution in [0.1, 0.15) is 6.42 Å². The van der Waals surface area contributed by atoms with Gasteiger partial charge in [-0.1, -0.05) is 36.4 Å². The van der Waals surface area contributed by atoms with Crippen molar-refractivity contribution in [2.75, 3.05) is 13.1 Å². The van der Waals surface area contributed by atoms with E-state index in [1.54, 1.807) is 0 Å². The lowest BCUT2D eigenvalue weighted by Gasteiger charge is -2.06. The van der Waals surface area contributed by atoms with Crippen molar-refractivity contribution < 1.29 is 16.8 Å². The van der Waals surface area contributed by atoms with Crippen molar-refractivity contribution in [2.24, 2.45) is 0 Å². The van der Waals surface area contributed by atoms with Crippen LogP contribution in [0, 0.1) is 0 Å². The lowest BCUT2D eigenvalue weighted by Crippen LogP contribution is -2.29. The Labute approximate surface area is 192 Å². The summed E-state index contributed by atoms with van der Waals surface area (Å²) in [6.45, 7) is 0.120. The molecule has 2 N–H and O–H groups in total. The van der Waals surface area contributed by atoms with Crippen molar-refractivity contribution in [2.45, 2.75) is 16.2 Å². The van der Waals surface area contributed by atoms with E-state index in [9.17, 15) is 16.8 Å². The normalized spacial score (nSPS) is 12.1. The summed E-state index contributed by atoms with van der Waals surface area (Å²) >= 11 is 0. The van der Waals surface area contributed by atoms with Crippen LogP contribution in [-0.4, -0.2) is 49.5 Å². The first kappa shape index (κ1) is 22.9. The first-order valence-electron chi connectivity index (χ1n) is 10.0. The maximum atomic E-state index is 12.5. The Hall–Kier alpha value is -3.32. The summed E-state index contributed by atoms with van der Waals surface area (Å²) in [5.41, 5.74) is 1.48. The van der Waals surface area contributed by atoms with Crippen molar-refractivity contribution in [1.29, 1.82) is 0 Å². The zero-order valence-corrected chi connectivity index (χ0v) is 19.1. The molecule has 0 amide bonds. The SMILES string of the molecule is O=S(=O)(NCCCNS(=O)(=O)c1cnn(-c2ccccc2)c1)c1cnn(-c2ccccc2)c1. The number of sulfonamides is 2. The highest BCUT2D eigenvalue weighted by atomic mass is 32.2. The van der Waals surface area contributed by atoms with Crippen LogP contribution in [0.2, 0.25) is 0 Å². The molecule has 12 heteroatoms. The summed E-state index contributed by atoms with van der Waals surface area (Å²) in [5, 5.41) is 8.17. The summed E-state index contributed by atoms with van der Waals surface area (Å²) in [6, 6.07) is 18.3. The first-order chi connectivity index (χ1) is 15.9. The van der Waals surface area contributed by atoms with Gasteiger partial charge in [0.05, 0.1) is 36.2 Å². The highest BCUT2D eigenvalue weighted by Gasteiger charge is 2.18. The molecule has 0 unspecified atom stereocenters. The largest absolute Gasteiger partial charge is 0.243 e. The molecule has 0 saturated carbocycles. The quantitative estimate of drug-likeness (QED) is 0.329. The van der Waals surface area contributed by atoms with E-state index in [0.29, 0.717) is 0 Å². The summed E-state index contributed by atoms with van der Waals surface area (Å²) in [6.07, 6.45) is 5.64. The molecule has 2 aromatic carbocycles. The molecular weight excluding hydrogens is 464 g/mol. The van der Waals surface area contributed by atoms with Crippen LogP contribution in [0.25, 0.3) is 11.4 Å². The number of nitrogens with zero attached hydrogens (tertiary/aromatic N) is 4. The van der Waals surface area contributed by atoms with E-state index >= 15 is 0 Å². The number of hydrogen-bond acceptors (Lipinski definition) is 6. The van der Waals surface area contributed by atoms with E-state index < -0.39 is 20.0 Å². The number of hydrogen-bond donors (Lipinski definition) is 2. The van der Waals surface area contributed by atoms with Gasteiger partial charge < -0.3 is 0 Å². The van der Waals surface area contributed by atoms with E-state index in [1.807, 2.05) is 60.7 Å². The van der Waals surface area contributed by atoms with Gasteiger partial charge in [-0.15, -0.1) is 0 Å². The van der Waals surface area contributed by atoms with Gasteiger partial charge in [0.25, 0.3) is 0 Å². The number of aromatic nitrogens is 4. The molecule has 4 rings (SSSR count). The zero-order chi connectivity index (χ0) is 23.3. The van der Waals surface area contributed by atoms with E-state index in [2.05, 4.69) is 19.6 Å². The van der Waals surface area contributed by atoms with Crippen molar-refractivity contribution in [1.82, 2.24) is 29.0 Å². The molecular formula is C21H22N6O4S2. The summed E-state index contributed by atoms with van der Waals surface area (Å²) in [5.74, 6) is 0. The molecule has 0 aliphatic heterocycles. The Bertz CT molecular complexity index is 1310. The highest BCUT2D eigenvalue weighted by molar-refractivity contribution is 7.89. The van der Waals surface area contributed by atoms with Crippen LogP contribution in [0.3, 0.4) is 0 Å². The Morgan fingerprint density at radius 1 is 0.636 bits per heavy atom. The first-order valence-corrected chi connectivity index (χ1v) is 13.0. The second kappa shape index (κ2) is 9.67. The Morgan fingerprint density at radius 2 is 1.03 bits per heavy atom. The second-order valence-corrected chi connectivity index (χ2v) is 10.6. The van der Waals surface area contributed by atoms with Crippen LogP contribution < -0.4 is 9.44 Å². The van der Waals surface area contributed by atoms with Crippen LogP contribution in [0.15, 0.2) is 95.2 Å². The summed E-state index contributed by atoms with van der Waals surface area (Å²) in [4.78, 5) is 0.0560. The van der Waals surface area contributed by atoms with Crippen LogP contribution in [-0.2, 0) is 20.0 Å². The maximum Gasteiger partial charge on any atom is 0.243 e. The third kappa shape index (κ3) is 5.54. The van der Waals surface area contributed by atoms with E-state index in [4.69, 9.17) is 0 Å². The fourth-order valence-electron chi connectivity index (χ4n) is 3.00. The summed E-state index contributed by atoms with van der Waals surface area (Å²) < 4.78 is 57.8.